The largest absolute Gasteiger partial charge is 0.253 e. The normalized spacial score (nSPS) is 11.6. The molecule has 1 N–H and O–H groups in total. The van der Waals surface area contributed by atoms with Crippen LogP contribution in [0.5, 0.6) is 0 Å². The molecule has 94 valence electrons. The highest BCUT2D eigenvalue weighted by Crippen LogP contribution is 2.25. The van der Waals surface area contributed by atoms with Gasteiger partial charge in [0.2, 0.25) is 5.13 Å². The number of aromatic nitrogens is 1. The van der Waals surface area contributed by atoms with Crippen molar-refractivity contribution in [1.82, 2.24) is 4.98 Å². The van der Waals surface area contributed by atoms with Gasteiger partial charge in [0.1, 0.15) is 0 Å². The van der Waals surface area contributed by atoms with Gasteiger partial charge in [-0.25, -0.2) is 4.98 Å². The van der Waals surface area contributed by atoms with Crippen LogP contribution in [0.15, 0.2) is 34.7 Å². The van der Waals surface area contributed by atoms with Gasteiger partial charge >= 0.3 is 0 Å². The van der Waals surface area contributed by atoms with Crippen molar-refractivity contribution in [2.45, 2.75) is 20.3 Å². The minimum Gasteiger partial charge on any atom is -0.253 e. The molecule has 0 saturated carbocycles. The van der Waals surface area contributed by atoms with E-state index >= 15 is 0 Å². The third-order valence-electron chi connectivity index (χ3n) is 2.50. The highest BCUT2D eigenvalue weighted by Gasteiger charge is 2.03. The zero-order valence-corrected chi connectivity index (χ0v) is 11.8. The molecule has 0 fully saturated rings. The fourth-order valence-electron chi connectivity index (χ4n) is 1.30. The molecule has 1 heterocycles. The average molecular weight is 280 g/mol. The Labute approximate surface area is 116 Å². The standard InChI is InChI=1S/C13H14ClN3S/c1-3-9(2)16-17-13-15-12(8-18-13)10-4-6-11(14)7-5-10/h4-8H,3H2,1-2H3,(H,15,17)/b16-9+. The van der Waals surface area contributed by atoms with Crippen LogP contribution in [0.1, 0.15) is 20.3 Å². The summed E-state index contributed by atoms with van der Waals surface area (Å²) in [5.74, 6) is 0. The Morgan fingerprint density at radius 2 is 2.11 bits per heavy atom. The molecule has 0 spiro atoms. The Morgan fingerprint density at radius 1 is 1.39 bits per heavy atom. The summed E-state index contributed by atoms with van der Waals surface area (Å²) in [5, 5.41) is 7.76. The monoisotopic (exact) mass is 279 g/mol. The predicted octanol–water partition coefficient (Wildman–Crippen LogP) is 4.66. The minimum atomic E-state index is 0.732. The molecule has 1 aromatic heterocycles. The molecular formula is C13H14ClN3S. The molecule has 2 rings (SSSR count). The van der Waals surface area contributed by atoms with E-state index in [0.29, 0.717) is 0 Å². The molecule has 0 radical (unpaired) electrons. The second-order valence-corrected chi connectivity index (χ2v) is 5.15. The molecular weight excluding hydrogens is 266 g/mol. The van der Waals surface area contributed by atoms with E-state index in [0.717, 1.165) is 33.5 Å². The molecule has 3 nitrogen and oxygen atoms in total. The first-order chi connectivity index (χ1) is 8.69. The van der Waals surface area contributed by atoms with E-state index < -0.39 is 0 Å². The smallest absolute Gasteiger partial charge is 0.203 e. The predicted molar refractivity (Wildman–Crippen MR) is 79.6 cm³/mol. The molecule has 0 aliphatic heterocycles. The zero-order chi connectivity index (χ0) is 13.0. The van der Waals surface area contributed by atoms with Crippen molar-refractivity contribution in [3.63, 3.8) is 0 Å². The van der Waals surface area contributed by atoms with Gasteiger partial charge in [-0.05, 0) is 25.5 Å². The number of rotatable bonds is 4. The summed E-state index contributed by atoms with van der Waals surface area (Å²) in [6.45, 7) is 4.06. The Morgan fingerprint density at radius 3 is 2.78 bits per heavy atom. The van der Waals surface area contributed by atoms with Crippen molar-refractivity contribution < 1.29 is 0 Å². The van der Waals surface area contributed by atoms with Crippen molar-refractivity contribution in [3.8, 4) is 11.3 Å². The summed E-state index contributed by atoms with van der Waals surface area (Å²) in [6, 6.07) is 7.65. The van der Waals surface area contributed by atoms with Crippen molar-refractivity contribution in [2.75, 3.05) is 5.43 Å². The van der Waals surface area contributed by atoms with Gasteiger partial charge in [-0.3, -0.25) is 5.43 Å². The van der Waals surface area contributed by atoms with Gasteiger partial charge in [-0.15, -0.1) is 11.3 Å². The molecule has 0 saturated heterocycles. The molecule has 0 unspecified atom stereocenters. The van der Waals surface area contributed by atoms with Gasteiger partial charge in [0.05, 0.1) is 5.69 Å². The van der Waals surface area contributed by atoms with Crippen molar-refractivity contribution in [1.29, 1.82) is 0 Å². The van der Waals surface area contributed by atoms with Crippen LogP contribution in [0.4, 0.5) is 5.13 Å². The summed E-state index contributed by atoms with van der Waals surface area (Å²) >= 11 is 7.40. The Balaban J connectivity index is 2.13. The average Bonchev–Trinajstić information content (AvgIpc) is 2.85. The quantitative estimate of drug-likeness (QED) is 0.653. The van der Waals surface area contributed by atoms with Gasteiger partial charge < -0.3 is 0 Å². The number of nitrogens with one attached hydrogen (secondary N) is 1. The minimum absolute atomic E-state index is 0.732. The van der Waals surface area contributed by atoms with Crippen LogP contribution >= 0.6 is 22.9 Å². The fraction of sp³-hybridized carbons (Fsp3) is 0.231. The lowest BCUT2D eigenvalue weighted by Gasteiger charge is -1.97. The summed E-state index contributed by atoms with van der Waals surface area (Å²) < 4.78 is 0. The maximum atomic E-state index is 5.86. The zero-order valence-electron chi connectivity index (χ0n) is 10.3. The summed E-state index contributed by atoms with van der Waals surface area (Å²) in [5.41, 5.74) is 6.01. The van der Waals surface area contributed by atoms with Crippen LogP contribution in [0.25, 0.3) is 11.3 Å². The molecule has 0 atom stereocenters. The lowest BCUT2D eigenvalue weighted by Crippen LogP contribution is -1.95. The summed E-state index contributed by atoms with van der Waals surface area (Å²) in [6.07, 6.45) is 0.933. The highest BCUT2D eigenvalue weighted by molar-refractivity contribution is 7.14. The molecule has 18 heavy (non-hydrogen) atoms. The Hall–Kier alpha value is -1.39. The number of hydrogen-bond donors (Lipinski definition) is 1. The number of halogens is 1. The first-order valence-corrected chi connectivity index (χ1v) is 6.95. The highest BCUT2D eigenvalue weighted by atomic mass is 35.5. The lowest BCUT2D eigenvalue weighted by atomic mass is 10.2. The first kappa shape index (κ1) is 13.1. The molecule has 0 bridgehead atoms. The van der Waals surface area contributed by atoms with Gasteiger partial charge in [0.25, 0.3) is 0 Å². The van der Waals surface area contributed by atoms with E-state index in [4.69, 9.17) is 11.6 Å². The third-order valence-corrected chi connectivity index (χ3v) is 3.50. The number of benzene rings is 1. The molecule has 5 heteroatoms. The first-order valence-electron chi connectivity index (χ1n) is 5.69. The molecule has 0 aliphatic rings. The second kappa shape index (κ2) is 5.98. The van der Waals surface area contributed by atoms with Crippen molar-refractivity contribution in [2.24, 2.45) is 5.10 Å². The van der Waals surface area contributed by atoms with Crippen molar-refractivity contribution in [3.05, 3.63) is 34.7 Å². The molecule has 1 aromatic carbocycles. The lowest BCUT2D eigenvalue weighted by molar-refractivity contribution is 1.20. The third kappa shape index (κ3) is 3.31. The van der Waals surface area contributed by atoms with E-state index in [1.807, 2.05) is 36.6 Å². The number of anilines is 1. The number of hydrazone groups is 1. The molecule has 0 amide bonds. The van der Waals surface area contributed by atoms with Crippen LogP contribution in [-0.2, 0) is 0 Å². The maximum Gasteiger partial charge on any atom is 0.203 e. The number of hydrogen-bond acceptors (Lipinski definition) is 4. The van der Waals surface area contributed by atoms with Crippen LogP contribution in [0.2, 0.25) is 5.02 Å². The SMILES string of the molecule is CC/C(C)=N/Nc1nc(-c2ccc(Cl)cc2)cs1. The molecule has 0 aliphatic carbocycles. The summed E-state index contributed by atoms with van der Waals surface area (Å²) in [7, 11) is 0. The molecule has 2 aromatic rings. The van der Waals surface area contributed by atoms with E-state index in [2.05, 4.69) is 22.4 Å². The van der Waals surface area contributed by atoms with Crippen LogP contribution in [0, 0.1) is 0 Å². The number of nitrogens with zero attached hydrogens (tertiary/aromatic N) is 2. The van der Waals surface area contributed by atoms with E-state index in [1.54, 1.807) is 0 Å². The van der Waals surface area contributed by atoms with E-state index in [1.165, 1.54) is 11.3 Å². The second-order valence-electron chi connectivity index (χ2n) is 3.86. The van der Waals surface area contributed by atoms with Gasteiger partial charge in [-0.1, -0.05) is 30.7 Å². The van der Waals surface area contributed by atoms with Crippen LogP contribution < -0.4 is 5.43 Å². The topological polar surface area (TPSA) is 37.3 Å². The van der Waals surface area contributed by atoms with Gasteiger partial charge in [0, 0.05) is 21.7 Å². The fourth-order valence-corrected chi connectivity index (χ4v) is 2.09. The Bertz CT molecular complexity index is 546. The van der Waals surface area contributed by atoms with Gasteiger partial charge in [-0.2, -0.15) is 5.10 Å². The van der Waals surface area contributed by atoms with E-state index in [9.17, 15) is 0 Å². The Kier molecular flexibility index (Phi) is 4.33. The van der Waals surface area contributed by atoms with E-state index in [-0.39, 0.29) is 0 Å². The maximum absolute atomic E-state index is 5.86. The van der Waals surface area contributed by atoms with Gasteiger partial charge in [0.15, 0.2) is 0 Å². The van der Waals surface area contributed by atoms with Crippen LogP contribution in [-0.4, -0.2) is 10.7 Å². The number of thiazole rings is 1. The van der Waals surface area contributed by atoms with Crippen molar-refractivity contribution >= 4 is 33.8 Å². The van der Waals surface area contributed by atoms with Crippen LogP contribution in [0.3, 0.4) is 0 Å². The summed E-state index contributed by atoms with van der Waals surface area (Å²) in [4.78, 5) is 4.47.